The summed E-state index contributed by atoms with van der Waals surface area (Å²) in [6.45, 7) is 2.71. The second-order valence-corrected chi connectivity index (χ2v) is 6.74. The highest BCUT2D eigenvalue weighted by atomic mass is 19.1. The highest BCUT2D eigenvalue weighted by Crippen LogP contribution is 2.22. The Morgan fingerprint density at radius 2 is 2.23 bits per heavy atom. The SMILES string of the molecule is CN(Cc1cn[nH]c1-c1ccc(F)cc1)C(=O)NCCC1CCCOC1. The highest BCUT2D eigenvalue weighted by Gasteiger charge is 2.16. The van der Waals surface area contributed by atoms with E-state index in [4.69, 9.17) is 4.74 Å². The van der Waals surface area contributed by atoms with E-state index in [9.17, 15) is 9.18 Å². The zero-order valence-corrected chi connectivity index (χ0v) is 15.0. The standard InChI is InChI=1S/C19H25FN4O2/c1-24(19(25)21-9-8-14-3-2-10-26-13-14)12-16-11-22-23-18(16)15-4-6-17(20)7-5-15/h4-7,11,14H,2-3,8-10,12-13H2,1H3,(H,21,25)(H,22,23). The number of rotatable bonds is 6. The van der Waals surface area contributed by atoms with Gasteiger partial charge in [0.15, 0.2) is 0 Å². The number of ether oxygens (including phenoxy) is 1. The summed E-state index contributed by atoms with van der Waals surface area (Å²) in [6.07, 6.45) is 4.90. The number of carbonyl (C=O) groups is 1. The zero-order chi connectivity index (χ0) is 18.4. The Morgan fingerprint density at radius 3 is 2.96 bits per heavy atom. The minimum atomic E-state index is -0.283. The molecule has 1 aromatic carbocycles. The van der Waals surface area contributed by atoms with Gasteiger partial charge in [-0.05, 0) is 49.4 Å². The van der Waals surface area contributed by atoms with E-state index in [0.29, 0.717) is 19.0 Å². The van der Waals surface area contributed by atoms with Crippen LogP contribution in [0, 0.1) is 11.7 Å². The topological polar surface area (TPSA) is 70.2 Å². The number of hydrogen-bond donors (Lipinski definition) is 2. The fraction of sp³-hybridized carbons (Fsp3) is 0.474. The van der Waals surface area contributed by atoms with E-state index in [1.807, 2.05) is 0 Å². The van der Waals surface area contributed by atoms with Crippen LogP contribution >= 0.6 is 0 Å². The number of aromatic nitrogens is 2. The molecular weight excluding hydrogens is 335 g/mol. The van der Waals surface area contributed by atoms with Crippen molar-refractivity contribution in [3.63, 3.8) is 0 Å². The van der Waals surface area contributed by atoms with Gasteiger partial charge in [0.2, 0.25) is 0 Å². The van der Waals surface area contributed by atoms with Crippen LogP contribution in [0.5, 0.6) is 0 Å². The van der Waals surface area contributed by atoms with E-state index in [1.54, 1.807) is 30.3 Å². The Morgan fingerprint density at radius 1 is 1.42 bits per heavy atom. The summed E-state index contributed by atoms with van der Waals surface area (Å²) in [6, 6.07) is 6.08. The van der Waals surface area contributed by atoms with Gasteiger partial charge in [-0.25, -0.2) is 9.18 Å². The number of nitrogens with zero attached hydrogens (tertiary/aromatic N) is 2. The van der Waals surface area contributed by atoms with Crippen molar-refractivity contribution in [2.24, 2.45) is 5.92 Å². The molecule has 0 bridgehead atoms. The van der Waals surface area contributed by atoms with E-state index in [0.717, 1.165) is 42.9 Å². The van der Waals surface area contributed by atoms with Gasteiger partial charge in [-0.1, -0.05) is 0 Å². The van der Waals surface area contributed by atoms with Crippen molar-refractivity contribution in [1.82, 2.24) is 20.4 Å². The molecule has 1 saturated heterocycles. The van der Waals surface area contributed by atoms with Crippen molar-refractivity contribution < 1.29 is 13.9 Å². The fourth-order valence-corrected chi connectivity index (χ4v) is 3.18. The van der Waals surface area contributed by atoms with Crippen LogP contribution in [0.2, 0.25) is 0 Å². The molecule has 0 radical (unpaired) electrons. The summed E-state index contributed by atoms with van der Waals surface area (Å²) in [5.41, 5.74) is 2.52. The van der Waals surface area contributed by atoms with Gasteiger partial charge < -0.3 is 15.0 Å². The van der Waals surface area contributed by atoms with E-state index in [-0.39, 0.29) is 11.8 Å². The van der Waals surface area contributed by atoms with Gasteiger partial charge in [0, 0.05) is 37.9 Å². The molecule has 1 fully saturated rings. The third kappa shape index (κ3) is 4.82. The van der Waals surface area contributed by atoms with E-state index in [1.165, 1.54) is 18.6 Å². The molecule has 26 heavy (non-hydrogen) atoms. The van der Waals surface area contributed by atoms with Gasteiger partial charge in [-0.15, -0.1) is 0 Å². The maximum Gasteiger partial charge on any atom is 0.317 e. The Hall–Kier alpha value is -2.41. The molecule has 0 aliphatic carbocycles. The monoisotopic (exact) mass is 360 g/mol. The number of carbonyl (C=O) groups excluding carboxylic acids is 1. The predicted octanol–water partition coefficient (Wildman–Crippen LogP) is 3.17. The molecule has 1 aromatic heterocycles. The average molecular weight is 360 g/mol. The maximum absolute atomic E-state index is 13.1. The normalized spacial score (nSPS) is 17.1. The number of hydrogen-bond acceptors (Lipinski definition) is 3. The molecule has 1 atom stereocenters. The lowest BCUT2D eigenvalue weighted by molar-refractivity contribution is 0.0519. The zero-order valence-electron chi connectivity index (χ0n) is 15.0. The predicted molar refractivity (Wildman–Crippen MR) is 97.0 cm³/mol. The molecule has 1 aliphatic heterocycles. The van der Waals surface area contributed by atoms with Crippen molar-refractivity contribution in [1.29, 1.82) is 0 Å². The van der Waals surface area contributed by atoms with Gasteiger partial charge in [-0.3, -0.25) is 5.10 Å². The first kappa shape index (κ1) is 18.4. The van der Waals surface area contributed by atoms with Crippen molar-refractivity contribution in [2.45, 2.75) is 25.8 Å². The van der Waals surface area contributed by atoms with Crippen LogP contribution in [0.3, 0.4) is 0 Å². The first-order valence-corrected chi connectivity index (χ1v) is 8.98. The van der Waals surface area contributed by atoms with E-state index in [2.05, 4.69) is 15.5 Å². The maximum atomic E-state index is 13.1. The van der Waals surface area contributed by atoms with Gasteiger partial charge in [0.1, 0.15) is 5.82 Å². The minimum Gasteiger partial charge on any atom is -0.381 e. The molecule has 2 amide bonds. The summed E-state index contributed by atoms with van der Waals surface area (Å²) in [4.78, 5) is 13.9. The lowest BCUT2D eigenvalue weighted by Crippen LogP contribution is -2.38. The third-order valence-corrected chi connectivity index (χ3v) is 4.69. The van der Waals surface area contributed by atoms with Gasteiger partial charge in [0.05, 0.1) is 18.4 Å². The van der Waals surface area contributed by atoms with Crippen LogP contribution in [0.25, 0.3) is 11.3 Å². The summed E-state index contributed by atoms with van der Waals surface area (Å²) < 4.78 is 18.6. The van der Waals surface area contributed by atoms with Gasteiger partial charge in [-0.2, -0.15) is 5.10 Å². The Kier molecular flexibility index (Phi) is 6.22. The number of urea groups is 1. The summed E-state index contributed by atoms with van der Waals surface area (Å²) in [7, 11) is 1.75. The third-order valence-electron chi connectivity index (χ3n) is 4.69. The summed E-state index contributed by atoms with van der Waals surface area (Å²) in [5, 5.41) is 9.95. The van der Waals surface area contributed by atoms with Crippen molar-refractivity contribution in [2.75, 3.05) is 26.8 Å². The minimum absolute atomic E-state index is 0.118. The fourth-order valence-electron chi connectivity index (χ4n) is 3.18. The molecule has 2 heterocycles. The molecule has 6 nitrogen and oxygen atoms in total. The molecule has 140 valence electrons. The van der Waals surface area contributed by atoms with Crippen molar-refractivity contribution in [3.05, 3.63) is 41.8 Å². The number of nitrogens with one attached hydrogen (secondary N) is 2. The van der Waals surface area contributed by atoms with Crippen LogP contribution < -0.4 is 5.32 Å². The van der Waals surface area contributed by atoms with Crippen molar-refractivity contribution >= 4 is 6.03 Å². The molecule has 3 rings (SSSR count). The molecule has 1 unspecified atom stereocenters. The molecule has 7 heteroatoms. The Balaban J connectivity index is 1.51. The van der Waals surface area contributed by atoms with Gasteiger partial charge >= 0.3 is 6.03 Å². The van der Waals surface area contributed by atoms with Crippen LogP contribution in [-0.4, -0.2) is 47.9 Å². The first-order valence-electron chi connectivity index (χ1n) is 8.98. The summed E-state index contributed by atoms with van der Waals surface area (Å²) in [5.74, 6) is 0.253. The number of H-pyrrole nitrogens is 1. The first-order chi connectivity index (χ1) is 12.6. The molecular formula is C19H25FN4O2. The summed E-state index contributed by atoms with van der Waals surface area (Å²) >= 11 is 0. The quantitative estimate of drug-likeness (QED) is 0.831. The molecule has 0 saturated carbocycles. The average Bonchev–Trinajstić information content (AvgIpc) is 3.11. The molecule has 2 aromatic rings. The molecule has 2 N–H and O–H groups in total. The number of amides is 2. The number of aromatic amines is 1. The number of benzene rings is 1. The van der Waals surface area contributed by atoms with Crippen molar-refractivity contribution in [3.8, 4) is 11.3 Å². The smallest absolute Gasteiger partial charge is 0.317 e. The second-order valence-electron chi connectivity index (χ2n) is 6.74. The highest BCUT2D eigenvalue weighted by molar-refractivity contribution is 5.74. The Bertz CT molecular complexity index is 711. The van der Waals surface area contributed by atoms with E-state index < -0.39 is 0 Å². The number of halogens is 1. The Labute approximate surface area is 152 Å². The van der Waals surface area contributed by atoms with Gasteiger partial charge in [0.25, 0.3) is 0 Å². The second kappa shape index (κ2) is 8.80. The molecule has 1 aliphatic rings. The lowest BCUT2D eigenvalue weighted by atomic mass is 9.99. The molecule has 0 spiro atoms. The largest absolute Gasteiger partial charge is 0.381 e. The van der Waals surface area contributed by atoms with Crippen LogP contribution in [0.4, 0.5) is 9.18 Å². The lowest BCUT2D eigenvalue weighted by Gasteiger charge is -2.23. The van der Waals surface area contributed by atoms with Crippen LogP contribution in [0.1, 0.15) is 24.8 Å². The van der Waals surface area contributed by atoms with Crippen LogP contribution in [-0.2, 0) is 11.3 Å². The van der Waals surface area contributed by atoms with E-state index >= 15 is 0 Å². The van der Waals surface area contributed by atoms with Crippen LogP contribution in [0.15, 0.2) is 30.5 Å².